The molecule has 0 aromatic rings. The molecule has 390 valence electrons. The highest BCUT2D eigenvalue weighted by Crippen LogP contribution is 2.24. The third kappa shape index (κ3) is 303. The van der Waals surface area contributed by atoms with E-state index in [2.05, 4.69) is 132 Å². The summed E-state index contributed by atoms with van der Waals surface area (Å²) >= 11 is 0. The van der Waals surface area contributed by atoms with E-state index in [0.29, 0.717) is 12.8 Å². The Labute approximate surface area is 384 Å². The minimum absolute atomic E-state index is 0.00694. The van der Waals surface area contributed by atoms with E-state index < -0.39 is 30.1 Å². The summed E-state index contributed by atoms with van der Waals surface area (Å²) in [6, 6.07) is 0. The van der Waals surface area contributed by atoms with Crippen LogP contribution >= 0.6 is 0 Å². The Kier molecular flexibility index (Phi) is 119. The zero-order valence-corrected chi connectivity index (χ0v) is 47.1. The van der Waals surface area contributed by atoms with Crippen molar-refractivity contribution in [3.05, 3.63) is 0 Å². The number of rotatable bonds is 13. The van der Waals surface area contributed by atoms with E-state index in [-0.39, 0.29) is 19.3 Å². The molecule has 1 atom stereocenters. The molecule has 0 aromatic carbocycles. The molecule has 0 fully saturated rings. The molecule has 0 spiro atoms. The largest absolute Gasteiger partial charge is 0.391 e. The van der Waals surface area contributed by atoms with Crippen molar-refractivity contribution in [2.24, 2.45) is 23.7 Å². The third-order valence-electron chi connectivity index (χ3n) is 5.69. The number of hydrogen-bond acceptors (Lipinski definition) is 0. The van der Waals surface area contributed by atoms with Crippen LogP contribution in [-0.2, 0) is 0 Å². The highest BCUT2D eigenvalue weighted by molar-refractivity contribution is 4.58. The Morgan fingerprint density at radius 3 is 0.557 bits per heavy atom. The lowest BCUT2D eigenvalue weighted by molar-refractivity contribution is -0.164. The van der Waals surface area contributed by atoms with Crippen LogP contribution in [0.4, 0.5) is 35.1 Å². The molecule has 0 bridgehead atoms. The van der Waals surface area contributed by atoms with E-state index in [1.54, 1.807) is 13.8 Å². The van der Waals surface area contributed by atoms with E-state index in [1.165, 1.54) is 90.9 Å². The van der Waals surface area contributed by atoms with E-state index in [1.807, 2.05) is 6.92 Å². The quantitative estimate of drug-likeness (QED) is 0.162. The van der Waals surface area contributed by atoms with E-state index in [4.69, 9.17) is 0 Å². The summed E-state index contributed by atoms with van der Waals surface area (Å²) in [6.07, 6.45) is 13.7. The molecule has 0 heterocycles. The fourth-order valence-electron chi connectivity index (χ4n) is 2.15. The van der Waals surface area contributed by atoms with Gasteiger partial charge in [0.25, 0.3) is 0 Å². The number of hydrogen-bond donors (Lipinski definition) is 0. The van der Waals surface area contributed by atoms with Gasteiger partial charge in [0.15, 0.2) is 0 Å². The topological polar surface area (TPSA) is 0 Å². The van der Waals surface area contributed by atoms with Gasteiger partial charge in [-0.3, -0.25) is 0 Å². The van der Waals surface area contributed by atoms with Crippen LogP contribution in [0, 0.1) is 23.7 Å². The van der Waals surface area contributed by atoms with Gasteiger partial charge in [0.05, 0.1) is 6.17 Å². The molecule has 8 heteroatoms. The minimum atomic E-state index is -4.00. The van der Waals surface area contributed by atoms with Gasteiger partial charge in [-0.05, 0) is 38.0 Å². The molecule has 0 amide bonds. The Balaban J connectivity index is -0.0000000433. The fourth-order valence-corrected chi connectivity index (χ4v) is 2.15. The van der Waals surface area contributed by atoms with Crippen LogP contribution in [0.3, 0.4) is 0 Å². The van der Waals surface area contributed by atoms with Crippen LogP contribution < -0.4 is 0 Å². The van der Waals surface area contributed by atoms with Gasteiger partial charge in [0.2, 0.25) is 11.8 Å². The fraction of sp³-hybridized carbons (Fsp3) is 1.00. The molecule has 0 saturated heterocycles. The summed E-state index contributed by atoms with van der Waals surface area (Å²) in [7, 11) is 0. The van der Waals surface area contributed by atoms with Gasteiger partial charge in [0, 0.05) is 25.2 Å². The average Bonchev–Trinajstić information content (AvgIpc) is 3.10. The first kappa shape index (κ1) is 91.0. The van der Waals surface area contributed by atoms with Gasteiger partial charge in [-0.2, -0.15) is 13.2 Å². The highest BCUT2D eigenvalue weighted by atomic mass is 19.4. The normalized spacial score (nSPS) is 10.3. The molecular weight excluding hydrogens is 789 g/mol. The van der Waals surface area contributed by atoms with Gasteiger partial charge in [0.1, 0.15) is 0 Å². The lowest BCUT2D eigenvalue weighted by Crippen LogP contribution is -2.15. The molecule has 1 unspecified atom stereocenters. The third-order valence-corrected chi connectivity index (χ3v) is 5.69. The van der Waals surface area contributed by atoms with E-state index in [9.17, 15) is 35.1 Å². The molecule has 0 nitrogen and oxygen atoms in total. The van der Waals surface area contributed by atoms with Crippen molar-refractivity contribution in [1.82, 2.24) is 0 Å². The summed E-state index contributed by atoms with van der Waals surface area (Å²) in [5.41, 5.74) is 0. The lowest BCUT2D eigenvalue weighted by Gasteiger charge is -2.08. The van der Waals surface area contributed by atoms with Crippen molar-refractivity contribution < 1.29 is 35.1 Å². The molecule has 0 aliphatic heterocycles. The Morgan fingerprint density at radius 2 is 0.557 bits per heavy atom. The first-order valence-electron chi connectivity index (χ1n) is 25.1. The number of unbranched alkanes of at least 4 members (excludes halogenated alkanes) is 7. The summed E-state index contributed by atoms with van der Waals surface area (Å²) in [6.45, 7) is 52.9. The van der Waals surface area contributed by atoms with E-state index in [0.717, 1.165) is 44.9 Å². The standard InChI is InChI=1S/2C5H10F2.C5H11F.3C5H12.C4H7F3.4C4H10.C3H8/c1-3-4-5(2,6)7;1-3-5(6,7)4-2;1-3-4-5(2)6;3*1-3-5-4-2;1-3(2)4(5,6)7;3*1-4(2)3;1-3-4-2;1-3-2/h2*3-4H2,1-2H3;5H,3-4H2,1-2H3;3*3-5H2,1-2H3;3H,1-2H3;3*4H,1-3H3;3-4H2,1-2H3;3H2,1-2H3. The first-order valence-corrected chi connectivity index (χ1v) is 25.1. The zero-order valence-electron chi connectivity index (χ0n) is 47.1. The van der Waals surface area contributed by atoms with Crippen LogP contribution in [0.1, 0.15) is 303 Å². The Bertz CT molecular complexity index is 526. The van der Waals surface area contributed by atoms with Gasteiger partial charge in [-0.25, -0.2) is 22.0 Å². The lowest BCUT2D eigenvalue weighted by atomic mass is 10.2. The predicted octanol–water partition coefficient (Wildman–Crippen LogP) is 24.0. The van der Waals surface area contributed by atoms with Crippen LogP contribution in [0.25, 0.3) is 0 Å². The van der Waals surface area contributed by atoms with Crippen molar-refractivity contribution >= 4 is 0 Å². The minimum Gasteiger partial charge on any atom is -0.248 e. The molecule has 0 aromatic heterocycles. The summed E-state index contributed by atoms with van der Waals surface area (Å²) in [5.74, 6) is -3.57. The second-order valence-corrected chi connectivity index (χ2v) is 17.6. The molecule has 0 N–H and O–H groups in total. The van der Waals surface area contributed by atoms with E-state index >= 15 is 0 Å². The highest BCUT2D eigenvalue weighted by Gasteiger charge is 2.31. The zero-order chi connectivity index (χ0) is 52.1. The summed E-state index contributed by atoms with van der Waals surface area (Å²) in [4.78, 5) is 0. The maximum absolute atomic E-state index is 11.9. The van der Waals surface area contributed by atoms with Crippen molar-refractivity contribution in [2.75, 3.05) is 0 Å². The monoisotopic (exact) mass is 911 g/mol. The molecule has 0 rings (SSSR count). The summed E-state index contributed by atoms with van der Waals surface area (Å²) < 4.78 is 92.4. The van der Waals surface area contributed by atoms with Gasteiger partial charge in [-0.15, -0.1) is 0 Å². The predicted molar refractivity (Wildman–Crippen MR) is 271 cm³/mol. The second-order valence-electron chi connectivity index (χ2n) is 17.6. The van der Waals surface area contributed by atoms with Crippen LogP contribution in [0.15, 0.2) is 0 Å². The maximum atomic E-state index is 11.9. The molecule has 0 aliphatic carbocycles. The van der Waals surface area contributed by atoms with Crippen molar-refractivity contribution in [2.45, 2.75) is 327 Å². The molecule has 0 radical (unpaired) electrons. The van der Waals surface area contributed by atoms with Crippen molar-refractivity contribution in [3.63, 3.8) is 0 Å². The maximum Gasteiger partial charge on any atom is 0.391 e. The Hall–Kier alpha value is -0.560. The summed E-state index contributed by atoms with van der Waals surface area (Å²) in [5, 5.41) is 0. The van der Waals surface area contributed by atoms with Gasteiger partial charge in [-0.1, -0.05) is 263 Å². The number of alkyl halides is 8. The number of halogens is 8. The average molecular weight is 912 g/mol. The second kappa shape index (κ2) is 79.8. The van der Waals surface area contributed by atoms with Crippen LogP contribution in [0.2, 0.25) is 0 Å². The van der Waals surface area contributed by atoms with Crippen molar-refractivity contribution in [1.29, 1.82) is 0 Å². The van der Waals surface area contributed by atoms with Gasteiger partial charge < -0.3 is 0 Å². The molecule has 61 heavy (non-hydrogen) atoms. The van der Waals surface area contributed by atoms with Crippen LogP contribution in [0.5, 0.6) is 0 Å². The smallest absolute Gasteiger partial charge is 0.248 e. The van der Waals surface area contributed by atoms with Crippen molar-refractivity contribution in [3.8, 4) is 0 Å². The van der Waals surface area contributed by atoms with Crippen LogP contribution in [-0.4, -0.2) is 24.2 Å². The molecule has 0 aliphatic rings. The Morgan fingerprint density at radius 1 is 0.361 bits per heavy atom. The molecular formula is C53H122F8. The molecule has 0 saturated carbocycles. The first-order chi connectivity index (χ1) is 27.7. The van der Waals surface area contributed by atoms with Gasteiger partial charge >= 0.3 is 6.18 Å². The SMILES string of the molecule is CC(C)C.CC(C)C.CC(C)C.CC(C)C(F)(F)F.CCC.CCC(F)(F)CC.CCCC.CCCC(C)(F)F.CCCC(C)F.CCCCC.CCCCC.CCCCC.